The van der Waals surface area contributed by atoms with Crippen LogP contribution in [0.4, 0.5) is 0 Å². The first-order valence-corrected chi connectivity index (χ1v) is 7.04. The number of carbonyl (C=O) groups excluding carboxylic acids is 3. The maximum atomic E-state index is 12.4. The van der Waals surface area contributed by atoms with Crippen molar-refractivity contribution in [3.05, 3.63) is 0 Å². The number of hydrogen-bond donors (Lipinski definition) is 2. The number of hydrogen-bond acceptors (Lipinski definition) is 3. The Morgan fingerprint density at radius 3 is 1.95 bits per heavy atom. The van der Waals surface area contributed by atoms with E-state index >= 15 is 0 Å². The first-order chi connectivity index (χ1) is 9.18. The molecule has 20 heavy (non-hydrogen) atoms. The number of amides is 3. The average Bonchev–Trinajstić information content (AvgIpc) is 2.30. The van der Waals surface area contributed by atoms with Crippen LogP contribution in [0.5, 0.6) is 0 Å². The highest BCUT2D eigenvalue weighted by Gasteiger charge is 2.28. The van der Waals surface area contributed by atoms with Gasteiger partial charge >= 0.3 is 0 Å². The molecule has 0 aromatic heterocycles. The van der Waals surface area contributed by atoms with Crippen LogP contribution < -0.4 is 10.6 Å². The molecule has 0 fully saturated rings. The Bertz CT molecular complexity index is 354. The molecule has 0 bridgehead atoms. The summed E-state index contributed by atoms with van der Waals surface area (Å²) in [5.41, 5.74) is 0. The van der Waals surface area contributed by atoms with Crippen LogP contribution in [-0.2, 0) is 14.4 Å². The summed E-state index contributed by atoms with van der Waals surface area (Å²) in [6.45, 7) is 11.1. The second kappa shape index (κ2) is 8.55. The van der Waals surface area contributed by atoms with Crippen molar-refractivity contribution in [3.8, 4) is 0 Å². The van der Waals surface area contributed by atoms with E-state index in [1.54, 1.807) is 0 Å². The van der Waals surface area contributed by atoms with Crippen LogP contribution in [0.25, 0.3) is 0 Å². The molecule has 0 aliphatic heterocycles. The minimum atomic E-state index is -0.598. The molecule has 1 atom stereocenters. The van der Waals surface area contributed by atoms with Crippen molar-refractivity contribution in [2.75, 3.05) is 13.1 Å². The molecule has 0 aliphatic carbocycles. The molecule has 0 saturated heterocycles. The van der Waals surface area contributed by atoms with E-state index in [0.717, 1.165) is 0 Å². The SMILES string of the molecule is CCN(CC(=O)NC(C)C)C(=O)C(NC(C)=O)C(C)C. The number of likely N-dealkylation sites (N-methyl/N-ethyl adjacent to an activating group) is 1. The number of nitrogens with one attached hydrogen (secondary N) is 2. The molecule has 1 unspecified atom stereocenters. The predicted molar refractivity (Wildman–Crippen MR) is 78.0 cm³/mol. The van der Waals surface area contributed by atoms with Gasteiger partial charge in [0.15, 0.2) is 0 Å². The van der Waals surface area contributed by atoms with E-state index in [1.807, 2.05) is 34.6 Å². The van der Waals surface area contributed by atoms with Gasteiger partial charge < -0.3 is 15.5 Å². The fourth-order valence-electron chi connectivity index (χ4n) is 1.82. The van der Waals surface area contributed by atoms with Crippen molar-refractivity contribution in [2.45, 2.75) is 53.6 Å². The summed E-state index contributed by atoms with van der Waals surface area (Å²) >= 11 is 0. The van der Waals surface area contributed by atoms with Crippen LogP contribution in [0.1, 0.15) is 41.5 Å². The minimum Gasteiger partial charge on any atom is -0.352 e. The van der Waals surface area contributed by atoms with Crippen LogP contribution in [-0.4, -0.2) is 47.8 Å². The van der Waals surface area contributed by atoms with Gasteiger partial charge in [-0.05, 0) is 26.7 Å². The molecule has 0 aromatic rings. The fraction of sp³-hybridized carbons (Fsp3) is 0.786. The average molecular weight is 285 g/mol. The summed E-state index contributed by atoms with van der Waals surface area (Å²) in [6.07, 6.45) is 0. The second-order valence-corrected chi connectivity index (χ2v) is 5.50. The van der Waals surface area contributed by atoms with Crippen LogP contribution >= 0.6 is 0 Å². The lowest BCUT2D eigenvalue weighted by Gasteiger charge is -2.28. The summed E-state index contributed by atoms with van der Waals surface area (Å²) in [5.74, 6) is -0.703. The molecule has 116 valence electrons. The fourth-order valence-corrected chi connectivity index (χ4v) is 1.82. The molecule has 0 aromatic carbocycles. The van der Waals surface area contributed by atoms with Gasteiger partial charge in [-0.2, -0.15) is 0 Å². The van der Waals surface area contributed by atoms with Crippen LogP contribution in [0.2, 0.25) is 0 Å². The van der Waals surface area contributed by atoms with Crippen LogP contribution in [0.15, 0.2) is 0 Å². The van der Waals surface area contributed by atoms with E-state index in [-0.39, 0.29) is 36.2 Å². The van der Waals surface area contributed by atoms with Gasteiger partial charge in [-0.1, -0.05) is 13.8 Å². The maximum Gasteiger partial charge on any atom is 0.245 e. The van der Waals surface area contributed by atoms with E-state index in [1.165, 1.54) is 11.8 Å². The Labute approximate surface area is 121 Å². The largest absolute Gasteiger partial charge is 0.352 e. The Hall–Kier alpha value is -1.59. The minimum absolute atomic E-state index is 0.0102. The Kier molecular flexibility index (Phi) is 7.87. The predicted octanol–water partition coefficient (Wildman–Crippen LogP) is 0.520. The topological polar surface area (TPSA) is 78.5 Å². The number of nitrogens with zero attached hydrogens (tertiary/aromatic N) is 1. The summed E-state index contributed by atoms with van der Waals surface area (Å²) in [5, 5.41) is 5.40. The van der Waals surface area contributed by atoms with Crippen molar-refractivity contribution >= 4 is 17.7 Å². The van der Waals surface area contributed by atoms with Gasteiger partial charge in [0.25, 0.3) is 0 Å². The van der Waals surface area contributed by atoms with Gasteiger partial charge in [-0.3, -0.25) is 14.4 Å². The highest BCUT2D eigenvalue weighted by atomic mass is 16.2. The Balaban J connectivity index is 4.80. The monoisotopic (exact) mass is 285 g/mol. The zero-order chi connectivity index (χ0) is 15.9. The third-order valence-electron chi connectivity index (χ3n) is 2.77. The summed E-state index contributed by atoms with van der Waals surface area (Å²) in [6, 6.07) is -0.563. The normalized spacial score (nSPS) is 12.2. The first kappa shape index (κ1) is 18.4. The van der Waals surface area contributed by atoms with E-state index in [2.05, 4.69) is 10.6 Å². The number of carbonyl (C=O) groups is 3. The zero-order valence-electron chi connectivity index (χ0n) is 13.3. The third-order valence-corrected chi connectivity index (χ3v) is 2.77. The molecule has 0 radical (unpaired) electrons. The van der Waals surface area contributed by atoms with Gasteiger partial charge in [-0.25, -0.2) is 0 Å². The van der Waals surface area contributed by atoms with Gasteiger partial charge in [0.1, 0.15) is 6.04 Å². The summed E-state index contributed by atoms with van der Waals surface area (Å²) < 4.78 is 0. The molecule has 0 aliphatic rings. The second-order valence-electron chi connectivity index (χ2n) is 5.50. The van der Waals surface area contributed by atoms with Crippen LogP contribution in [0, 0.1) is 5.92 Å². The molecule has 2 N–H and O–H groups in total. The quantitative estimate of drug-likeness (QED) is 0.716. The van der Waals surface area contributed by atoms with E-state index in [4.69, 9.17) is 0 Å². The third kappa shape index (κ3) is 6.54. The van der Waals surface area contributed by atoms with E-state index in [0.29, 0.717) is 6.54 Å². The van der Waals surface area contributed by atoms with Gasteiger partial charge in [0, 0.05) is 19.5 Å². The lowest BCUT2D eigenvalue weighted by Crippen LogP contribution is -2.53. The highest BCUT2D eigenvalue weighted by molar-refractivity contribution is 5.90. The maximum absolute atomic E-state index is 12.4. The van der Waals surface area contributed by atoms with E-state index < -0.39 is 6.04 Å². The molecule has 0 saturated carbocycles. The smallest absolute Gasteiger partial charge is 0.245 e. The molecule has 3 amide bonds. The van der Waals surface area contributed by atoms with Crippen LogP contribution in [0.3, 0.4) is 0 Å². The number of rotatable bonds is 7. The zero-order valence-corrected chi connectivity index (χ0v) is 13.3. The lowest BCUT2D eigenvalue weighted by atomic mass is 10.0. The molecular formula is C14H27N3O3. The van der Waals surface area contributed by atoms with Crippen molar-refractivity contribution in [1.82, 2.24) is 15.5 Å². The van der Waals surface area contributed by atoms with E-state index in [9.17, 15) is 14.4 Å². The van der Waals surface area contributed by atoms with Crippen molar-refractivity contribution in [3.63, 3.8) is 0 Å². The summed E-state index contributed by atoms with van der Waals surface area (Å²) in [7, 11) is 0. The molecular weight excluding hydrogens is 258 g/mol. The Morgan fingerprint density at radius 2 is 1.60 bits per heavy atom. The highest BCUT2D eigenvalue weighted by Crippen LogP contribution is 2.06. The van der Waals surface area contributed by atoms with Crippen molar-refractivity contribution < 1.29 is 14.4 Å². The summed E-state index contributed by atoms with van der Waals surface area (Å²) in [4.78, 5) is 36.8. The molecule has 6 heteroatoms. The standard InChI is InChI=1S/C14H27N3O3/c1-7-17(8-12(19)15-10(4)5)14(20)13(9(2)3)16-11(6)18/h9-10,13H,7-8H2,1-6H3,(H,15,19)(H,16,18). The van der Waals surface area contributed by atoms with Crippen molar-refractivity contribution in [1.29, 1.82) is 0 Å². The van der Waals surface area contributed by atoms with Gasteiger partial charge in [-0.15, -0.1) is 0 Å². The molecule has 0 rings (SSSR count). The van der Waals surface area contributed by atoms with Gasteiger partial charge in [0.2, 0.25) is 17.7 Å². The van der Waals surface area contributed by atoms with Gasteiger partial charge in [0.05, 0.1) is 6.54 Å². The molecule has 0 heterocycles. The molecule has 0 spiro atoms. The van der Waals surface area contributed by atoms with Crippen molar-refractivity contribution in [2.24, 2.45) is 5.92 Å². The molecule has 6 nitrogen and oxygen atoms in total. The first-order valence-electron chi connectivity index (χ1n) is 7.04. The lowest BCUT2D eigenvalue weighted by molar-refractivity contribution is -0.140. The Morgan fingerprint density at radius 1 is 1.05 bits per heavy atom.